The van der Waals surface area contributed by atoms with Crippen LogP contribution in [0.4, 0.5) is 0 Å². The van der Waals surface area contributed by atoms with E-state index < -0.39 is 0 Å². The summed E-state index contributed by atoms with van der Waals surface area (Å²) in [5.41, 5.74) is 0. The van der Waals surface area contributed by atoms with Crippen molar-refractivity contribution in [1.82, 2.24) is 0 Å². The summed E-state index contributed by atoms with van der Waals surface area (Å²) in [6.45, 7) is 6.11. The molecule has 0 N–H and O–H groups in total. The number of hydrogen-bond donors (Lipinski definition) is 0. The Labute approximate surface area is 113 Å². The van der Waals surface area contributed by atoms with E-state index in [1.807, 2.05) is 0 Å². The van der Waals surface area contributed by atoms with E-state index in [4.69, 9.17) is 9.47 Å². The van der Waals surface area contributed by atoms with Crippen LogP contribution in [0.3, 0.4) is 0 Å². The highest BCUT2D eigenvalue weighted by atomic mass is 16.7. The maximum atomic E-state index is 5.91. The first-order valence-electron chi connectivity index (χ1n) is 8.11. The van der Waals surface area contributed by atoms with Crippen molar-refractivity contribution in [2.75, 3.05) is 13.2 Å². The quantitative estimate of drug-likeness (QED) is 0.481. The Morgan fingerprint density at radius 1 is 0.667 bits per heavy atom. The molecule has 108 valence electrons. The Morgan fingerprint density at radius 3 is 1.61 bits per heavy atom. The summed E-state index contributed by atoms with van der Waals surface area (Å²) in [5.74, 6) is -0.208. The second-order valence-corrected chi connectivity index (χ2v) is 5.58. The third-order valence-electron chi connectivity index (χ3n) is 3.89. The maximum absolute atomic E-state index is 5.91. The highest BCUT2D eigenvalue weighted by Gasteiger charge is 2.34. The smallest absolute Gasteiger partial charge is 0.168 e. The van der Waals surface area contributed by atoms with E-state index in [1.165, 1.54) is 57.8 Å². The van der Waals surface area contributed by atoms with Gasteiger partial charge < -0.3 is 9.47 Å². The standard InChI is InChI=1S/C16H32O2/c1-3-5-7-9-11-13-16(17-14-15-18-16)12-10-8-6-4-2/h3-15H2,1-2H3. The number of ether oxygens (including phenoxy) is 2. The minimum absolute atomic E-state index is 0.208. The van der Waals surface area contributed by atoms with Gasteiger partial charge in [0, 0.05) is 12.8 Å². The van der Waals surface area contributed by atoms with Crippen molar-refractivity contribution >= 4 is 0 Å². The lowest BCUT2D eigenvalue weighted by Gasteiger charge is -2.27. The molecule has 0 atom stereocenters. The van der Waals surface area contributed by atoms with Gasteiger partial charge in [-0.25, -0.2) is 0 Å². The lowest BCUT2D eigenvalue weighted by molar-refractivity contribution is -0.168. The van der Waals surface area contributed by atoms with Crippen LogP contribution in [0.15, 0.2) is 0 Å². The zero-order chi connectivity index (χ0) is 13.1. The van der Waals surface area contributed by atoms with Crippen LogP contribution < -0.4 is 0 Å². The molecule has 0 spiro atoms. The fourth-order valence-electron chi connectivity index (χ4n) is 2.73. The fraction of sp³-hybridized carbons (Fsp3) is 1.00. The van der Waals surface area contributed by atoms with Gasteiger partial charge in [0.1, 0.15) is 0 Å². The average Bonchev–Trinajstić information content (AvgIpc) is 2.84. The highest BCUT2D eigenvalue weighted by Crippen LogP contribution is 2.31. The van der Waals surface area contributed by atoms with Crippen molar-refractivity contribution in [2.45, 2.75) is 90.3 Å². The molecule has 1 rings (SSSR count). The number of unbranched alkanes of at least 4 members (excludes halogenated alkanes) is 7. The lowest BCUT2D eigenvalue weighted by Crippen LogP contribution is -2.30. The van der Waals surface area contributed by atoms with Crippen molar-refractivity contribution in [2.24, 2.45) is 0 Å². The van der Waals surface area contributed by atoms with Gasteiger partial charge in [0.2, 0.25) is 0 Å². The summed E-state index contributed by atoms with van der Waals surface area (Å²) >= 11 is 0. The molecule has 1 heterocycles. The van der Waals surface area contributed by atoms with Crippen molar-refractivity contribution in [3.05, 3.63) is 0 Å². The second-order valence-electron chi connectivity index (χ2n) is 5.58. The van der Waals surface area contributed by atoms with Crippen LogP contribution in [0.2, 0.25) is 0 Å². The summed E-state index contributed by atoms with van der Waals surface area (Å²) in [5, 5.41) is 0. The number of hydrogen-bond acceptors (Lipinski definition) is 2. The van der Waals surface area contributed by atoms with Gasteiger partial charge in [0.25, 0.3) is 0 Å². The summed E-state index contributed by atoms with van der Waals surface area (Å²) in [6.07, 6.45) is 14.0. The molecule has 0 radical (unpaired) electrons. The van der Waals surface area contributed by atoms with E-state index in [1.54, 1.807) is 0 Å². The molecule has 2 heteroatoms. The molecule has 0 saturated carbocycles. The minimum Gasteiger partial charge on any atom is -0.348 e. The van der Waals surface area contributed by atoms with E-state index in [9.17, 15) is 0 Å². The topological polar surface area (TPSA) is 18.5 Å². The molecule has 0 aliphatic carbocycles. The van der Waals surface area contributed by atoms with E-state index in [2.05, 4.69) is 13.8 Å². The normalized spacial score (nSPS) is 18.3. The second kappa shape index (κ2) is 9.80. The van der Waals surface area contributed by atoms with Crippen molar-refractivity contribution in [1.29, 1.82) is 0 Å². The Kier molecular flexibility index (Phi) is 8.70. The van der Waals surface area contributed by atoms with Crippen molar-refractivity contribution in [3.8, 4) is 0 Å². The van der Waals surface area contributed by atoms with E-state index in [0.717, 1.165) is 26.1 Å². The zero-order valence-electron chi connectivity index (χ0n) is 12.5. The first-order chi connectivity index (χ1) is 8.83. The minimum atomic E-state index is -0.208. The fourth-order valence-corrected chi connectivity index (χ4v) is 2.73. The average molecular weight is 256 g/mol. The van der Waals surface area contributed by atoms with Gasteiger partial charge in [-0.05, 0) is 12.8 Å². The van der Waals surface area contributed by atoms with Crippen molar-refractivity contribution in [3.63, 3.8) is 0 Å². The highest BCUT2D eigenvalue weighted by molar-refractivity contribution is 4.74. The summed E-state index contributed by atoms with van der Waals surface area (Å²) in [7, 11) is 0. The third kappa shape index (κ3) is 6.19. The molecule has 1 fully saturated rings. The molecule has 1 aliphatic rings. The summed E-state index contributed by atoms with van der Waals surface area (Å²) < 4.78 is 11.8. The molecule has 0 amide bonds. The molecular formula is C16H32O2. The van der Waals surface area contributed by atoms with Crippen LogP contribution in [0, 0.1) is 0 Å². The first-order valence-corrected chi connectivity index (χ1v) is 8.11. The molecule has 0 aromatic carbocycles. The SMILES string of the molecule is CCCCCCCC1(CCCCCC)OCCO1. The molecule has 0 aromatic heterocycles. The van der Waals surface area contributed by atoms with Crippen LogP contribution in [0.5, 0.6) is 0 Å². The predicted molar refractivity (Wildman–Crippen MR) is 76.8 cm³/mol. The van der Waals surface area contributed by atoms with Gasteiger partial charge in [-0.15, -0.1) is 0 Å². The van der Waals surface area contributed by atoms with Crippen molar-refractivity contribution < 1.29 is 9.47 Å². The molecule has 18 heavy (non-hydrogen) atoms. The molecule has 1 aliphatic heterocycles. The van der Waals surface area contributed by atoms with Gasteiger partial charge in [-0.2, -0.15) is 0 Å². The van der Waals surface area contributed by atoms with Crippen LogP contribution in [0.1, 0.15) is 84.5 Å². The Hall–Kier alpha value is -0.0800. The molecule has 1 saturated heterocycles. The molecular weight excluding hydrogens is 224 g/mol. The zero-order valence-corrected chi connectivity index (χ0v) is 12.5. The Balaban J connectivity index is 2.16. The number of rotatable bonds is 11. The van der Waals surface area contributed by atoms with Gasteiger partial charge in [0.15, 0.2) is 5.79 Å². The van der Waals surface area contributed by atoms with Gasteiger partial charge in [-0.3, -0.25) is 0 Å². The molecule has 2 nitrogen and oxygen atoms in total. The largest absolute Gasteiger partial charge is 0.348 e. The van der Waals surface area contributed by atoms with Crippen LogP contribution >= 0.6 is 0 Å². The van der Waals surface area contributed by atoms with Crippen LogP contribution in [0.25, 0.3) is 0 Å². The molecule has 0 aromatic rings. The van der Waals surface area contributed by atoms with Gasteiger partial charge in [-0.1, -0.05) is 58.8 Å². The molecule has 0 unspecified atom stereocenters. The van der Waals surface area contributed by atoms with E-state index in [-0.39, 0.29) is 5.79 Å². The van der Waals surface area contributed by atoms with Crippen LogP contribution in [-0.4, -0.2) is 19.0 Å². The maximum Gasteiger partial charge on any atom is 0.168 e. The predicted octanol–water partition coefficient (Wildman–Crippen LogP) is 5.06. The Bertz CT molecular complexity index is 186. The lowest BCUT2D eigenvalue weighted by atomic mass is 9.99. The monoisotopic (exact) mass is 256 g/mol. The summed E-state index contributed by atoms with van der Waals surface area (Å²) in [4.78, 5) is 0. The summed E-state index contributed by atoms with van der Waals surface area (Å²) in [6, 6.07) is 0. The molecule has 0 bridgehead atoms. The third-order valence-corrected chi connectivity index (χ3v) is 3.89. The Morgan fingerprint density at radius 2 is 1.11 bits per heavy atom. The van der Waals surface area contributed by atoms with Gasteiger partial charge >= 0.3 is 0 Å². The van der Waals surface area contributed by atoms with Gasteiger partial charge in [0.05, 0.1) is 13.2 Å². The van der Waals surface area contributed by atoms with E-state index in [0.29, 0.717) is 0 Å². The van der Waals surface area contributed by atoms with Crippen LogP contribution in [-0.2, 0) is 9.47 Å². The first kappa shape index (κ1) is 16.0. The van der Waals surface area contributed by atoms with E-state index >= 15 is 0 Å².